The van der Waals surface area contributed by atoms with Crippen molar-refractivity contribution in [1.82, 2.24) is 19.7 Å². The number of hydrogen-bond acceptors (Lipinski definition) is 4. The van der Waals surface area contributed by atoms with E-state index in [0.717, 1.165) is 42.3 Å². The highest BCUT2D eigenvalue weighted by molar-refractivity contribution is 5.58. The Balaban J connectivity index is 2.43. The molecular weight excluding hydrogens is 238 g/mol. The maximum Gasteiger partial charge on any atom is 0.164 e. The van der Waals surface area contributed by atoms with Gasteiger partial charge in [-0.1, -0.05) is 13.8 Å². The van der Waals surface area contributed by atoms with Crippen molar-refractivity contribution in [2.24, 2.45) is 7.05 Å². The number of hydrogen-bond donors (Lipinski definition) is 1. The maximum absolute atomic E-state index is 4.65. The molecule has 0 saturated heterocycles. The van der Waals surface area contributed by atoms with E-state index in [4.69, 9.17) is 0 Å². The molecule has 0 saturated carbocycles. The van der Waals surface area contributed by atoms with Gasteiger partial charge in [0.05, 0.1) is 11.8 Å². The highest BCUT2D eigenvalue weighted by atomic mass is 15.2. The van der Waals surface area contributed by atoms with Gasteiger partial charge in [-0.05, 0) is 19.8 Å². The molecule has 0 radical (unpaired) electrons. The summed E-state index contributed by atoms with van der Waals surface area (Å²) in [5.41, 5.74) is 3.18. The van der Waals surface area contributed by atoms with Gasteiger partial charge in [0, 0.05) is 31.0 Å². The first-order chi connectivity index (χ1) is 9.15. The minimum absolute atomic E-state index is 0.737. The van der Waals surface area contributed by atoms with Crippen LogP contribution >= 0.6 is 0 Å². The van der Waals surface area contributed by atoms with Gasteiger partial charge in [0.25, 0.3) is 0 Å². The van der Waals surface area contributed by atoms with Crippen LogP contribution in [-0.4, -0.2) is 26.3 Å². The Labute approximate surface area is 114 Å². The van der Waals surface area contributed by atoms with Crippen LogP contribution in [0.1, 0.15) is 31.5 Å². The van der Waals surface area contributed by atoms with Crippen molar-refractivity contribution >= 4 is 5.82 Å². The third-order valence-corrected chi connectivity index (χ3v) is 3.07. The van der Waals surface area contributed by atoms with E-state index in [1.54, 1.807) is 10.9 Å². The fourth-order valence-corrected chi connectivity index (χ4v) is 2.07. The summed E-state index contributed by atoms with van der Waals surface area (Å²) in [6.07, 6.45) is 5.74. The van der Waals surface area contributed by atoms with Gasteiger partial charge >= 0.3 is 0 Å². The molecule has 2 heterocycles. The predicted octanol–water partition coefficient (Wildman–Crippen LogP) is 2.57. The molecule has 0 atom stereocenters. The van der Waals surface area contributed by atoms with E-state index in [-0.39, 0.29) is 0 Å². The number of aromatic nitrogens is 4. The summed E-state index contributed by atoms with van der Waals surface area (Å²) in [4.78, 5) is 9.24. The van der Waals surface area contributed by atoms with Gasteiger partial charge in [0.1, 0.15) is 5.82 Å². The highest BCUT2D eigenvalue weighted by Gasteiger charge is 2.12. The fourth-order valence-electron chi connectivity index (χ4n) is 2.07. The molecular formula is C14H21N5. The van der Waals surface area contributed by atoms with Crippen LogP contribution in [0.2, 0.25) is 0 Å². The largest absolute Gasteiger partial charge is 0.370 e. The van der Waals surface area contributed by atoms with E-state index >= 15 is 0 Å². The summed E-state index contributed by atoms with van der Waals surface area (Å²) in [6, 6.07) is 0. The molecule has 2 rings (SSSR count). The Morgan fingerprint density at radius 3 is 2.63 bits per heavy atom. The van der Waals surface area contributed by atoms with Gasteiger partial charge in [0.15, 0.2) is 5.82 Å². The maximum atomic E-state index is 4.65. The highest BCUT2D eigenvalue weighted by Crippen LogP contribution is 2.22. The summed E-state index contributed by atoms with van der Waals surface area (Å²) in [5.74, 6) is 1.69. The molecule has 102 valence electrons. The van der Waals surface area contributed by atoms with Crippen LogP contribution < -0.4 is 5.32 Å². The Morgan fingerprint density at radius 1 is 1.26 bits per heavy atom. The normalized spacial score (nSPS) is 10.7. The molecule has 0 spiro atoms. The van der Waals surface area contributed by atoms with Gasteiger partial charge in [-0.2, -0.15) is 5.10 Å². The van der Waals surface area contributed by atoms with Crippen molar-refractivity contribution in [3.63, 3.8) is 0 Å². The van der Waals surface area contributed by atoms with E-state index in [1.165, 1.54) is 5.56 Å². The van der Waals surface area contributed by atoms with Crippen LogP contribution in [0.4, 0.5) is 5.82 Å². The first-order valence-corrected chi connectivity index (χ1v) is 6.76. The van der Waals surface area contributed by atoms with Gasteiger partial charge in [0.2, 0.25) is 0 Å². The molecule has 0 aromatic carbocycles. The van der Waals surface area contributed by atoms with Crippen molar-refractivity contribution in [3.05, 3.63) is 23.7 Å². The van der Waals surface area contributed by atoms with Gasteiger partial charge in [-0.15, -0.1) is 0 Å². The van der Waals surface area contributed by atoms with Crippen LogP contribution in [-0.2, 0) is 13.5 Å². The second kappa shape index (κ2) is 5.82. The SMILES string of the molecule is CCCNc1nc(-c2cnn(C)c2)nc(C)c1CC. The molecule has 19 heavy (non-hydrogen) atoms. The summed E-state index contributed by atoms with van der Waals surface area (Å²) < 4.78 is 1.76. The second-order valence-corrected chi connectivity index (χ2v) is 4.64. The number of aryl methyl sites for hydroxylation is 2. The van der Waals surface area contributed by atoms with E-state index in [0.29, 0.717) is 0 Å². The van der Waals surface area contributed by atoms with E-state index < -0.39 is 0 Å². The third-order valence-electron chi connectivity index (χ3n) is 3.07. The molecule has 0 bridgehead atoms. The van der Waals surface area contributed by atoms with Crippen molar-refractivity contribution < 1.29 is 0 Å². The van der Waals surface area contributed by atoms with Crippen LogP contribution in [0.3, 0.4) is 0 Å². The lowest BCUT2D eigenvalue weighted by atomic mass is 10.1. The Kier molecular flexibility index (Phi) is 4.14. The Hall–Kier alpha value is -1.91. The van der Waals surface area contributed by atoms with Gasteiger partial charge in [-0.25, -0.2) is 9.97 Å². The average Bonchev–Trinajstić information content (AvgIpc) is 2.82. The summed E-state index contributed by atoms with van der Waals surface area (Å²) in [7, 11) is 1.90. The molecule has 1 N–H and O–H groups in total. The van der Waals surface area contributed by atoms with E-state index in [2.05, 4.69) is 34.2 Å². The molecule has 0 aliphatic heterocycles. The molecule has 0 aliphatic carbocycles. The molecule has 0 aliphatic rings. The van der Waals surface area contributed by atoms with Crippen LogP contribution in [0.15, 0.2) is 12.4 Å². The van der Waals surface area contributed by atoms with Crippen LogP contribution in [0.5, 0.6) is 0 Å². The Morgan fingerprint density at radius 2 is 2.05 bits per heavy atom. The zero-order valence-electron chi connectivity index (χ0n) is 12.1. The topological polar surface area (TPSA) is 55.6 Å². The van der Waals surface area contributed by atoms with Crippen LogP contribution in [0, 0.1) is 6.92 Å². The molecule has 5 heteroatoms. The van der Waals surface area contributed by atoms with Crippen molar-refractivity contribution in [3.8, 4) is 11.4 Å². The zero-order chi connectivity index (χ0) is 13.8. The lowest BCUT2D eigenvalue weighted by Gasteiger charge is -2.12. The summed E-state index contributed by atoms with van der Waals surface area (Å²) in [6.45, 7) is 7.24. The molecule has 5 nitrogen and oxygen atoms in total. The third kappa shape index (κ3) is 2.92. The standard InChI is InChI=1S/C14H21N5/c1-5-7-15-14-12(6-2)10(3)17-13(18-14)11-8-16-19(4)9-11/h8-9H,5-7H2,1-4H3,(H,15,17,18). The number of nitrogens with zero attached hydrogens (tertiary/aromatic N) is 4. The van der Waals surface area contributed by atoms with Gasteiger partial charge in [-0.3, -0.25) is 4.68 Å². The number of rotatable bonds is 5. The average molecular weight is 259 g/mol. The monoisotopic (exact) mass is 259 g/mol. The minimum atomic E-state index is 0.737. The molecule has 0 fully saturated rings. The zero-order valence-corrected chi connectivity index (χ0v) is 12.1. The number of anilines is 1. The fraction of sp³-hybridized carbons (Fsp3) is 0.500. The second-order valence-electron chi connectivity index (χ2n) is 4.64. The summed E-state index contributed by atoms with van der Waals surface area (Å²) in [5, 5.41) is 7.57. The lowest BCUT2D eigenvalue weighted by molar-refractivity contribution is 0.768. The van der Waals surface area contributed by atoms with E-state index in [1.807, 2.05) is 20.2 Å². The predicted molar refractivity (Wildman–Crippen MR) is 77.1 cm³/mol. The molecule has 2 aromatic rings. The molecule has 0 unspecified atom stereocenters. The minimum Gasteiger partial charge on any atom is -0.370 e. The first-order valence-electron chi connectivity index (χ1n) is 6.76. The van der Waals surface area contributed by atoms with Gasteiger partial charge < -0.3 is 5.32 Å². The van der Waals surface area contributed by atoms with Crippen molar-refractivity contribution in [1.29, 1.82) is 0 Å². The molecule has 2 aromatic heterocycles. The smallest absolute Gasteiger partial charge is 0.164 e. The lowest BCUT2D eigenvalue weighted by Crippen LogP contribution is -2.09. The summed E-state index contributed by atoms with van der Waals surface area (Å²) >= 11 is 0. The van der Waals surface area contributed by atoms with E-state index in [9.17, 15) is 0 Å². The first kappa shape index (κ1) is 13.5. The molecule has 0 amide bonds. The van der Waals surface area contributed by atoms with Crippen LogP contribution in [0.25, 0.3) is 11.4 Å². The van der Waals surface area contributed by atoms with Crippen molar-refractivity contribution in [2.45, 2.75) is 33.6 Å². The van der Waals surface area contributed by atoms with Crippen molar-refractivity contribution in [2.75, 3.05) is 11.9 Å². The number of nitrogens with one attached hydrogen (secondary N) is 1. The Bertz CT molecular complexity index is 559. The quantitative estimate of drug-likeness (QED) is 0.896.